The average molecular weight is 466 g/mol. The minimum Gasteiger partial charge on any atom is -0.487 e. The molecule has 0 saturated carbocycles. The van der Waals surface area contributed by atoms with E-state index in [4.69, 9.17) is 14.2 Å². The number of thiophene rings is 1. The largest absolute Gasteiger partial charge is 0.487 e. The van der Waals surface area contributed by atoms with Crippen LogP contribution in [0.3, 0.4) is 0 Å². The molecule has 0 spiro atoms. The molecular weight excluding hydrogens is 434 g/mol. The minimum atomic E-state index is 0.0257. The van der Waals surface area contributed by atoms with Crippen LogP contribution in [-0.2, 0) is 16.1 Å². The van der Waals surface area contributed by atoms with Gasteiger partial charge in [-0.15, -0.1) is 11.3 Å². The molecule has 1 aromatic heterocycles. The number of amides is 1. The smallest absolute Gasteiger partial charge is 0.226 e. The Labute approximate surface area is 199 Å². The van der Waals surface area contributed by atoms with Crippen molar-refractivity contribution in [3.63, 3.8) is 0 Å². The third-order valence-corrected chi connectivity index (χ3v) is 7.68. The molecule has 3 aromatic rings. The molecule has 2 aromatic carbocycles. The molecule has 1 atom stereocenters. The first-order chi connectivity index (χ1) is 16.2. The van der Waals surface area contributed by atoms with Gasteiger partial charge in [0.15, 0.2) is 11.5 Å². The lowest BCUT2D eigenvalue weighted by Crippen LogP contribution is -2.36. The van der Waals surface area contributed by atoms with Crippen LogP contribution in [0.15, 0.2) is 41.8 Å². The van der Waals surface area contributed by atoms with E-state index in [-0.39, 0.29) is 17.9 Å². The number of hydrogen-bond donors (Lipinski definition) is 0. The highest BCUT2D eigenvalue weighted by molar-refractivity contribution is 7.17. The molecule has 5 rings (SSSR count). The highest BCUT2D eigenvalue weighted by Gasteiger charge is 2.28. The molecule has 2 aliphatic rings. The Morgan fingerprint density at radius 1 is 1.21 bits per heavy atom. The van der Waals surface area contributed by atoms with Gasteiger partial charge in [0.25, 0.3) is 0 Å². The van der Waals surface area contributed by atoms with Gasteiger partial charge in [-0.25, -0.2) is 0 Å². The molecule has 1 amide bonds. The maximum Gasteiger partial charge on any atom is 0.226 e. The number of rotatable bonds is 6. The standard InChI is InChI=1S/C27H31NO4S/c1-3-18(4-2)27(29)28-10-12-31-26-20(15-28)13-19(14-24(26)32-21-9-11-30-16-21)23-17-33-25-8-6-5-7-22(23)25/h5-8,13-14,17-18,21H,3-4,9-12,15-16H2,1-2H3/t21-/m1/s1. The van der Waals surface area contributed by atoms with Crippen LogP contribution in [0.4, 0.5) is 0 Å². The van der Waals surface area contributed by atoms with Crippen LogP contribution in [0.5, 0.6) is 11.5 Å². The first-order valence-electron chi connectivity index (χ1n) is 12.0. The highest BCUT2D eigenvalue weighted by Crippen LogP contribution is 2.42. The summed E-state index contributed by atoms with van der Waals surface area (Å²) in [4.78, 5) is 15.2. The number of carbonyl (C=O) groups is 1. The first-order valence-corrected chi connectivity index (χ1v) is 12.8. The molecule has 2 aliphatic heterocycles. The van der Waals surface area contributed by atoms with E-state index in [2.05, 4.69) is 55.6 Å². The number of carbonyl (C=O) groups excluding carboxylic acids is 1. The summed E-state index contributed by atoms with van der Waals surface area (Å²) >= 11 is 1.75. The summed E-state index contributed by atoms with van der Waals surface area (Å²) in [5.74, 6) is 1.80. The summed E-state index contributed by atoms with van der Waals surface area (Å²) in [6.07, 6.45) is 2.62. The fraction of sp³-hybridized carbons (Fsp3) is 0.444. The van der Waals surface area contributed by atoms with Gasteiger partial charge in [0.2, 0.25) is 5.91 Å². The Morgan fingerprint density at radius 2 is 2.06 bits per heavy atom. The van der Waals surface area contributed by atoms with Gasteiger partial charge in [-0.3, -0.25) is 4.79 Å². The Kier molecular flexibility index (Phi) is 6.56. The van der Waals surface area contributed by atoms with E-state index in [1.807, 2.05) is 4.90 Å². The van der Waals surface area contributed by atoms with Gasteiger partial charge in [-0.1, -0.05) is 32.0 Å². The molecule has 6 heteroatoms. The fourth-order valence-corrected chi connectivity index (χ4v) is 5.77. The van der Waals surface area contributed by atoms with E-state index in [0.29, 0.717) is 26.3 Å². The summed E-state index contributed by atoms with van der Waals surface area (Å²) in [6, 6.07) is 12.7. The van der Waals surface area contributed by atoms with Crippen LogP contribution in [0.1, 0.15) is 38.7 Å². The third kappa shape index (κ3) is 4.46. The van der Waals surface area contributed by atoms with Gasteiger partial charge in [-0.05, 0) is 42.0 Å². The van der Waals surface area contributed by atoms with Crippen molar-refractivity contribution in [2.24, 2.45) is 5.92 Å². The molecule has 0 radical (unpaired) electrons. The topological polar surface area (TPSA) is 48.0 Å². The zero-order chi connectivity index (χ0) is 22.8. The van der Waals surface area contributed by atoms with E-state index in [1.165, 1.54) is 15.6 Å². The lowest BCUT2D eigenvalue weighted by Gasteiger charge is -2.24. The number of hydrogen-bond acceptors (Lipinski definition) is 5. The molecule has 1 fully saturated rings. The highest BCUT2D eigenvalue weighted by atomic mass is 32.1. The summed E-state index contributed by atoms with van der Waals surface area (Å²) in [5, 5.41) is 3.44. The second kappa shape index (κ2) is 9.74. The summed E-state index contributed by atoms with van der Waals surface area (Å²) in [6.45, 7) is 7.09. The molecule has 5 nitrogen and oxygen atoms in total. The van der Waals surface area contributed by atoms with Crippen molar-refractivity contribution in [3.05, 3.63) is 47.3 Å². The van der Waals surface area contributed by atoms with Crippen molar-refractivity contribution in [2.45, 2.75) is 45.8 Å². The van der Waals surface area contributed by atoms with Crippen LogP contribution < -0.4 is 9.47 Å². The Hall–Kier alpha value is -2.57. The number of nitrogens with zero attached hydrogens (tertiary/aromatic N) is 1. The van der Waals surface area contributed by atoms with E-state index < -0.39 is 0 Å². The first kappa shape index (κ1) is 22.2. The molecule has 3 heterocycles. The van der Waals surface area contributed by atoms with Crippen molar-refractivity contribution in [1.82, 2.24) is 4.90 Å². The minimum absolute atomic E-state index is 0.0257. The Bertz CT molecular complexity index is 1130. The third-order valence-electron chi connectivity index (χ3n) is 6.72. The molecule has 0 unspecified atom stereocenters. The van der Waals surface area contributed by atoms with Crippen LogP contribution in [0.25, 0.3) is 21.2 Å². The molecule has 0 N–H and O–H groups in total. The van der Waals surface area contributed by atoms with Crippen LogP contribution in [0.2, 0.25) is 0 Å². The van der Waals surface area contributed by atoms with Gasteiger partial charge in [0, 0.05) is 40.1 Å². The Morgan fingerprint density at radius 3 is 2.85 bits per heavy atom. The number of benzene rings is 2. The molecular formula is C27H31NO4S. The van der Waals surface area contributed by atoms with Gasteiger partial charge in [0.1, 0.15) is 12.7 Å². The van der Waals surface area contributed by atoms with Crippen molar-refractivity contribution in [3.8, 4) is 22.6 Å². The van der Waals surface area contributed by atoms with Gasteiger partial charge >= 0.3 is 0 Å². The second-order valence-corrected chi connectivity index (χ2v) is 9.74. The van der Waals surface area contributed by atoms with Gasteiger partial charge < -0.3 is 19.1 Å². The van der Waals surface area contributed by atoms with Crippen molar-refractivity contribution in [1.29, 1.82) is 0 Å². The molecule has 1 saturated heterocycles. The zero-order valence-electron chi connectivity index (χ0n) is 19.3. The SMILES string of the molecule is CCC(CC)C(=O)N1CCOc2c(cc(-c3csc4ccccc34)cc2O[C@@H]2CCOC2)C1. The normalized spacial score (nSPS) is 18.3. The Balaban J connectivity index is 1.57. The van der Waals surface area contributed by atoms with Gasteiger partial charge in [0.05, 0.1) is 19.8 Å². The van der Waals surface area contributed by atoms with Crippen molar-refractivity contribution < 1.29 is 19.0 Å². The average Bonchev–Trinajstić information content (AvgIpc) is 3.45. The summed E-state index contributed by atoms with van der Waals surface area (Å²) < 4.78 is 19.4. The predicted molar refractivity (Wildman–Crippen MR) is 132 cm³/mol. The van der Waals surface area contributed by atoms with E-state index >= 15 is 0 Å². The fourth-order valence-electron chi connectivity index (χ4n) is 4.80. The maximum atomic E-state index is 13.2. The molecule has 174 valence electrons. The number of ether oxygens (including phenoxy) is 3. The van der Waals surface area contributed by atoms with Crippen LogP contribution in [-0.4, -0.2) is 43.3 Å². The van der Waals surface area contributed by atoms with E-state index in [1.54, 1.807) is 11.3 Å². The van der Waals surface area contributed by atoms with Crippen molar-refractivity contribution in [2.75, 3.05) is 26.4 Å². The molecule has 33 heavy (non-hydrogen) atoms. The lowest BCUT2D eigenvalue weighted by atomic mass is 9.99. The lowest BCUT2D eigenvalue weighted by molar-refractivity contribution is -0.136. The van der Waals surface area contributed by atoms with E-state index in [0.717, 1.165) is 48.5 Å². The second-order valence-electron chi connectivity index (χ2n) is 8.83. The maximum absolute atomic E-state index is 13.2. The number of fused-ring (bicyclic) bond motifs is 2. The molecule has 0 bridgehead atoms. The van der Waals surface area contributed by atoms with Crippen LogP contribution >= 0.6 is 11.3 Å². The quantitative estimate of drug-likeness (QED) is 0.455. The van der Waals surface area contributed by atoms with Crippen molar-refractivity contribution >= 4 is 27.3 Å². The zero-order valence-corrected chi connectivity index (χ0v) is 20.2. The summed E-state index contributed by atoms with van der Waals surface area (Å²) in [5.41, 5.74) is 3.29. The predicted octanol–water partition coefficient (Wildman–Crippen LogP) is 5.89. The van der Waals surface area contributed by atoms with Gasteiger partial charge in [-0.2, -0.15) is 0 Å². The molecule has 0 aliphatic carbocycles. The summed E-state index contributed by atoms with van der Waals surface area (Å²) in [7, 11) is 0. The van der Waals surface area contributed by atoms with E-state index in [9.17, 15) is 4.79 Å². The van der Waals surface area contributed by atoms with Crippen LogP contribution in [0, 0.1) is 5.92 Å². The monoisotopic (exact) mass is 465 g/mol.